The van der Waals surface area contributed by atoms with E-state index >= 15 is 0 Å². The van der Waals surface area contributed by atoms with Crippen molar-refractivity contribution in [1.82, 2.24) is 0 Å². The van der Waals surface area contributed by atoms with Crippen LogP contribution in [0.15, 0.2) is 36.5 Å². The fourth-order valence-corrected chi connectivity index (χ4v) is 5.86. The Morgan fingerprint density at radius 3 is 1.34 bits per heavy atom. The van der Waals surface area contributed by atoms with Crippen molar-refractivity contribution in [3.63, 3.8) is 0 Å². The lowest BCUT2D eigenvalue weighted by Gasteiger charge is -2.16. The standard InChI is InChI=1S/C43H80O4/c1-3-5-7-9-11-13-15-16-17-18-19-20-21-22-23-24-25-26-27-28-29-30-32-34-36-38-43(45)47-42(40-44)41-46-39-37-35-33-31-14-12-10-8-6-4-2/h15-16,18-19,21-22,42,44H,3-14,17,20,23-41H2,1-2H3/b16-15-,19-18-,22-21-. The van der Waals surface area contributed by atoms with Crippen LogP contribution in [0.1, 0.15) is 206 Å². The van der Waals surface area contributed by atoms with E-state index in [1.54, 1.807) is 0 Å². The molecule has 1 N–H and O–H groups in total. The Labute approximate surface area is 293 Å². The van der Waals surface area contributed by atoms with Crippen LogP contribution in [-0.4, -0.2) is 37.0 Å². The third kappa shape index (κ3) is 38.9. The van der Waals surface area contributed by atoms with Crippen molar-refractivity contribution < 1.29 is 19.4 Å². The first-order valence-electron chi connectivity index (χ1n) is 20.6. The maximum atomic E-state index is 12.2. The lowest BCUT2D eigenvalue weighted by atomic mass is 10.0. The molecule has 1 unspecified atom stereocenters. The number of carbonyl (C=O) groups is 1. The molecule has 0 spiro atoms. The molecule has 0 aliphatic carbocycles. The second kappa shape index (κ2) is 40.8. The van der Waals surface area contributed by atoms with Crippen LogP contribution < -0.4 is 0 Å². The first kappa shape index (κ1) is 45.6. The van der Waals surface area contributed by atoms with E-state index in [0.29, 0.717) is 19.6 Å². The number of rotatable bonds is 38. The Balaban J connectivity index is 3.43. The van der Waals surface area contributed by atoms with E-state index in [0.717, 1.165) is 32.1 Å². The maximum Gasteiger partial charge on any atom is 0.306 e. The van der Waals surface area contributed by atoms with Crippen molar-refractivity contribution in [3.05, 3.63) is 36.5 Å². The molecule has 47 heavy (non-hydrogen) atoms. The van der Waals surface area contributed by atoms with Gasteiger partial charge < -0.3 is 14.6 Å². The van der Waals surface area contributed by atoms with Gasteiger partial charge in [0.2, 0.25) is 0 Å². The monoisotopic (exact) mass is 661 g/mol. The van der Waals surface area contributed by atoms with Gasteiger partial charge in [-0.1, -0.05) is 185 Å². The van der Waals surface area contributed by atoms with Gasteiger partial charge in [0.1, 0.15) is 6.10 Å². The van der Waals surface area contributed by atoms with Crippen LogP contribution in [0.2, 0.25) is 0 Å². The molecule has 0 saturated heterocycles. The summed E-state index contributed by atoms with van der Waals surface area (Å²) in [6, 6.07) is 0. The first-order chi connectivity index (χ1) is 23.2. The molecule has 276 valence electrons. The van der Waals surface area contributed by atoms with E-state index in [-0.39, 0.29) is 12.6 Å². The minimum absolute atomic E-state index is 0.171. The lowest BCUT2D eigenvalue weighted by Crippen LogP contribution is -2.27. The molecule has 0 rings (SSSR count). The van der Waals surface area contributed by atoms with Crippen LogP contribution in [0.3, 0.4) is 0 Å². The molecule has 4 heteroatoms. The predicted octanol–water partition coefficient (Wildman–Crippen LogP) is 13.3. The average molecular weight is 661 g/mol. The quantitative estimate of drug-likeness (QED) is 0.0407. The van der Waals surface area contributed by atoms with Crippen LogP contribution in [0.4, 0.5) is 0 Å². The molecule has 0 aromatic rings. The van der Waals surface area contributed by atoms with Gasteiger partial charge in [-0.15, -0.1) is 0 Å². The fourth-order valence-electron chi connectivity index (χ4n) is 5.86. The van der Waals surface area contributed by atoms with E-state index < -0.39 is 6.10 Å². The van der Waals surface area contributed by atoms with E-state index in [1.165, 1.54) is 154 Å². The molecule has 0 aromatic carbocycles. The Morgan fingerprint density at radius 2 is 0.894 bits per heavy atom. The topological polar surface area (TPSA) is 55.8 Å². The summed E-state index contributed by atoms with van der Waals surface area (Å²) < 4.78 is 11.1. The second-order valence-electron chi connectivity index (χ2n) is 13.7. The van der Waals surface area contributed by atoms with Crippen LogP contribution in [0, 0.1) is 0 Å². The minimum Gasteiger partial charge on any atom is -0.457 e. The van der Waals surface area contributed by atoms with Crippen molar-refractivity contribution in [2.75, 3.05) is 19.8 Å². The Hall–Kier alpha value is -1.39. The van der Waals surface area contributed by atoms with Crippen molar-refractivity contribution in [2.45, 2.75) is 213 Å². The summed E-state index contributed by atoms with van der Waals surface area (Å²) in [6.45, 7) is 5.34. The number of aliphatic hydroxyl groups excluding tert-OH is 1. The van der Waals surface area contributed by atoms with Gasteiger partial charge in [0.25, 0.3) is 0 Å². The van der Waals surface area contributed by atoms with Gasteiger partial charge in [0.15, 0.2) is 0 Å². The molecule has 0 aromatic heterocycles. The van der Waals surface area contributed by atoms with Gasteiger partial charge in [0.05, 0.1) is 13.2 Å². The van der Waals surface area contributed by atoms with Gasteiger partial charge in [-0.2, -0.15) is 0 Å². The second-order valence-corrected chi connectivity index (χ2v) is 13.7. The zero-order valence-electron chi connectivity index (χ0n) is 31.5. The minimum atomic E-state index is -0.532. The highest BCUT2D eigenvalue weighted by Crippen LogP contribution is 2.14. The Kier molecular flexibility index (Phi) is 39.6. The predicted molar refractivity (Wildman–Crippen MR) is 205 cm³/mol. The number of hydrogen-bond acceptors (Lipinski definition) is 4. The molecule has 1 atom stereocenters. The van der Waals surface area contributed by atoms with Crippen molar-refractivity contribution in [1.29, 1.82) is 0 Å². The molecular weight excluding hydrogens is 580 g/mol. The molecule has 0 aliphatic heterocycles. The number of allylic oxidation sites excluding steroid dienone is 6. The highest BCUT2D eigenvalue weighted by molar-refractivity contribution is 5.69. The molecule has 4 nitrogen and oxygen atoms in total. The van der Waals surface area contributed by atoms with Gasteiger partial charge in [-0.05, 0) is 51.4 Å². The van der Waals surface area contributed by atoms with Crippen LogP contribution in [0.5, 0.6) is 0 Å². The van der Waals surface area contributed by atoms with E-state index in [1.807, 2.05) is 0 Å². The van der Waals surface area contributed by atoms with Gasteiger partial charge in [0, 0.05) is 13.0 Å². The fraction of sp³-hybridized carbons (Fsp3) is 0.837. The van der Waals surface area contributed by atoms with Crippen molar-refractivity contribution >= 4 is 5.97 Å². The Morgan fingerprint density at radius 1 is 0.511 bits per heavy atom. The zero-order valence-corrected chi connectivity index (χ0v) is 31.5. The summed E-state index contributed by atoms with van der Waals surface area (Å²) in [7, 11) is 0. The summed E-state index contributed by atoms with van der Waals surface area (Å²) >= 11 is 0. The maximum absolute atomic E-state index is 12.2. The van der Waals surface area contributed by atoms with Crippen LogP contribution in [0.25, 0.3) is 0 Å². The van der Waals surface area contributed by atoms with Gasteiger partial charge in [-0.3, -0.25) is 4.79 Å². The zero-order chi connectivity index (χ0) is 34.1. The third-order valence-electron chi connectivity index (χ3n) is 8.97. The van der Waals surface area contributed by atoms with Gasteiger partial charge >= 0.3 is 5.97 Å². The highest BCUT2D eigenvalue weighted by Gasteiger charge is 2.13. The van der Waals surface area contributed by atoms with Crippen molar-refractivity contribution in [3.8, 4) is 0 Å². The Bertz CT molecular complexity index is 698. The largest absolute Gasteiger partial charge is 0.457 e. The number of hydrogen-bond donors (Lipinski definition) is 1. The average Bonchev–Trinajstić information content (AvgIpc) is 3.08. The SMILES string of the molecule is CCCCCCC/C=C\C/C=C\C/C=C\CCCCCCCCCCCCC(=O)OC(CO)COCCCCCCCCCCCC. The number of esters is 1. The molecule has 0 fully saturated rings. The molecule has 0 bridgehead atoms. The number of carbonyl (C=O) groups excluding carboxylic acids is 1. The highest BCUT2D eigenvalue weighted by atomic mass is 16.6. The molecular formula is C43H80O4. The smallest absolute Gasteiger partial charge is 0.306 e. The number of ether oxygens (including phenoxy) is 2. The van der Waals surface area contributed by atoms with Gasteiger partial charge in [-0.25, -0.2) is 0 Å². The molecule has 0 radical (unpaired) electrons. The molecule has 0 saturated carbocycles. The van der Waals surface area contributed by atoms with E-state index in [4.69, 9.17) is 9.47 Å². The summed E-state index contributed by atoms with van der Waals surface area (Å²) in [5.74, 6) is -0.204. The van der Waals surface area contributed by atoms with Crippen molar-refractivity contribution in [2.24, 2.45) is 0 Å². The summed E-state index contributed by atoms with van der Waals surface area (Å²) in [5, 5.41) is 9.55. The normalized spacial score (nSPS) is 12.7. The van der Waals surface area contributed by atoms with Crippen LogP contribution >= 0.6 is 0 Å². The number of aliphatic hydroxyl groups is 1. The van der Waals surface area contributed by atoms with Crippen LogP contribution in [-0.2, 0) is 14.3 Å². The third-order valence-corrected chi connectivity index (χ3v) is 8.97. The summed E-state index contributed by atoms with van der Waals surface area (Å²) in [5.41, 5.74) is 0. The number of unbranched alkanes of at least 4 members (excludes halogenated alkanes) is 24. The summed E-state index contributed by atoms with van der Waals surface area (Å²) in [4.78, 5) is 12.2. The molecule has 0 heterocycles. The summed E-state index contributed by atoms with van der Waals surface area (Å²) in [6.07, 6.45) is 50.5. The lowest BCUT2D eigenvalue weighted by molar-refractivity contribution is -0.154. The molecule has 0 aliphatic rings. The molecule has 0 amide bonds. The first-order valence-corrected chi connectivity index (χ1v) is 20.6. The van der Waals surface area contributed by atoms with E-state index in [2.05, 4.69) is 50.3 Å². The van der Waals surface area contributed by atoms with E-state index in [9.17, 15) is 9.90 Å².